The fourth-order valence-electron chi connectivity index (χ4n) is 9.55. The van der Waals surface area contributed by atoms with E-state index in [1.165, 1.54) is 23.7 Å². The van der Waals surface area contributed by atoms with E-state index in [2.05, 4.69) is 74.0 Å². The normalized spacial score (nSPS) is 22.3. The molecule has 2 bridgehead atoms. The molecule has 4 aliphatic rings. The highest BCUT2D eigenvalue weighted by Gasteiger charge is 2.66. The summed E-state index contributed by atoms with van der Waals surface area (Å²) in [4.78, 5) is 42.2. The van der Waals surface area contributed by atoms with Gasteiger partial charge in [0.2, 0.25) is 0 Å². The van der Waals surface area contributed by atoms with Gasteiger partial charge >= 0.3 is 6.09 Å². The van der Waals surface area contributed by atoms with Crippen molar-refractivity contribution in [1.82, 2.24) is 14.8 Å². The first kappa shape index (κ1) is 33.0. The summed E-state index contributed by atoms with van der Waals surface area (Å²) >= 11 is 1.70. The maximum Gasteiger partial charge on any atom is 0.404 e. The van der Waals surface area contributed by atoms with Gasteiger partial charge in [0.25, 0.3) is 11.8 Å². The minimum Gasteiger partial charge on any atom is -0.496 e. The molecule has 4 heterocycles. The van der Waals surface area contributed by atoms with Crippen LogP contribution in [0.3, 0.4) is 0 Å². The fraction of sp³-hybridized carbons (Fsp3) is 0.405. The van der Waals surface area contributed by atoms with Gasteiger partial charge in [0.15, 0.2) is 0 Å². The lowest BCUT2D eigenvalue weighted by molar-refractivity contribution is -0.0359. The number of thiophene rings is 1. The van der Waals surface area contributed by atoms with E-state index < -0.39 is 17.7 Å². The van der Waals surface area contributed by atoms with Crippen molar-refractivity contribution in [2.24, 2.45) is 23.0 Å². The minimum absolute atomic E-state index is 0.0134. The summed E-state index contributed by atoms with van der Waals surface area (Å²) in [5.74, 6) is 1.27. The van der Waals surface area contributed by atoms with Gasteiger partial charge in [-0.05, 0) is 96.5 Å². The molecule has 2 aromatic heterocycles. The van der Waals surface area contributed by atoms with Crippen molar-refractivity contribution >= 4 is 50.2 Å². The first-order valence-corrected chi connectivity index (χ1v) is 19.1. The van der Waals surface area contributed by atoms with E-state index in [1.807, 2.05) is 23.1 Å². The maximum atomic E-state index is 14.6. The minimum atomic E-state index is -0.794. The molecule has 5 aromatic rings. The third kappa shape index (κ3) is 4.90. The number of carbonyl (C=O) groups excluding carboxylic acids is 3. The smallest absolute Gasteiger partial charge is 0.404 e. The highest BCUT2D eigenvalue weighted by molar-refractivity contribution is 7.22. The summed E-state index contributed by atoms with van der Waals surface area (Å²) in [6, 6.07) is 19.0. The van der Waals surface area contributed by atoms with Crippen LogP contribution in [0.4, 0.5) is 4.79 Å². The number of piperidine rings is 1. The van der Waals surface area contributed by atoms with Gasteiger partial charge < -0.3 is 30.0 Å². The number of methoxy groups -OCH3 is 1. The van der Waals surface area contributed by atoms with Crippen LogP contribution in [0.25, 0.3) is 42.7 Å². The zero-order valence-electron chi connectivity index (χ0n) is 30.3. The van der Waals surface area contributed by atoms with E-state index in [9.17, 15) is 14.4 Å². The van der Waals surface area contributed by atoms with E-state index in [4.69, 9.17) is 15.2 Å². The lowest BCUT2D eigenvalue weighted by atomic mass is 9.70. The molecule has 2 aliphatic heterocycles. The number of carbonyl (C=O) groups is 3. The Balaban J connectivity index is 1.13. The first-order chi connectivity index (χ1) is 24.9. The lowest BCUT2D eigenvalue weighted by Gasteiger charge is -2.49. The van der Waals surface area contributed by atoms with Crippen LogP contribution in [0.15, 0.2) is 54.6 Å². The molecule has 268 valence electrons. The number of hydrogen-bond donors (Lipinski definition) is 2. The monoisotopic (exact) mass is 716 g/mol. The number of aryl methyl sites for hydroxylation is 1. The molecule has 52 heavy (non-hydrogen) atoms. The number of benzene rings is 3. The summed E-state index contributed by atoms with van der Waals surface area (Å²) in [6.07, 6.45) is 2.85. The van der Waals surface area contributed by atoms with E-state index in [1.54, 1.807) is 18.4 Å². The van der Waals surface area contributed by atoms with Gasteiger partial charge in [-0.1, -0.05) is 45.0 Å². The molecule has 3 fully saturated rings. The number of aromatic nitrogens is 1. The zero-order valence-corrected chi connectivity index (χ0v) is 31.1. The number of nitrogens with one attached hydrogen (secondary N) is 1. The highest BCUT2D eigenvalue weighted by Crippen LogP contribution is 2.57. The molecule has 9 nitrogen and oxygen atoms in total. The van der Waals surface area contributed by atoms with Crippen LogP contribution in [-0.4, -0.2) is 52.7 Å². The SMILES string of the molecule is COc1cc(C(=O)N2CC3CCC2(C(C)(C)C)[C@@H]3OC(N)=O)cc2sc(-c3cc4ccc(-c5ccc6c(c5)C(=O)NC6)cc4n3CC3CC3)c(C)c12. The number of rotatable bonds is 7. The van der Waals surface area contributed by atoms with Crippen molar-refractivity contribution in [3.8, 4) is 27.4 Å². The van der Waals surface area contributed by atoms with E-state index >= 15 is 0 Å². The third-order valence-electron chi connectivity index (χ3n) is 12.3. The van der Waals surface area contributed by atoms with Crippen LogP contribution >= 0.6 is 11.3 Å². The van der Waals surface area contributed by atoms with E-state index in [0.717, 1.165) is 67.9 Å². The van der Waals surface area contributed by atoms with Crippen LogP contribution in [0.1, 0.15) is 78.3 Å². The summed E-state index contributed by atoms with van der Waals surface area (Å²) < 4.78 is 15.2. The average Bonchev–Trinajstić information content (AvgIpc) is 3.33. The molecule has 10 heteroatoms. The number of hydrogen-bond acceptors (Lipinski definition) is 6. The zero-order chi connectivity index (χ0) is 36.3. The van der Waals surface area contributed by atoms with Gasteiger partial charge in [0.05, 0.1) is 23.2 Å². The second-order valence-corrected chi connectivity index (χ2v) is 17.3. The molecule has 3 amide bonds. The summed E-state index contributed by atoms with van der Waals surface area (Å²) in [6.45, 7) is 10.5. The number of primary amides is 1. The molecule has 0 spiro atoms. The number of amides is 3. The molecule has 3 atom stereocenters. The second-order valence-electron chi connectivity index (χ2n) is 16.3. The predicted octanol–water partition coefficient (Wildman–Crippen LogP) is 8.28. The predicted molar refractivity (Wildman–Crippen MR) is 204 cm³/mol. The Hall–Kier alpha value is -4.83. The Bertz CT molecular complexity index is 2350. The number of fused-ring (bicyclic) bond motifs is 5. The van der Waals surface area contributed by atoms with Crippen molar-refractivity contribution in [2.45, 2.75) is 78.1 Å². The van der Waals surface area contributed by atoms with Crippen LogP contribution in [0, 0.1) is 24.2 Å². The number of nitrogens with two attached hydrogens (primary N) is 1. The van der Waals surface area contributed by atoms with E-state index in [0.29, 0.717) is 30.3 Å². The topological polar surface area (TPSA) is 116 Å². The van der Waals surface area contributed by atoms with Gasteiger partial charge in [-0.3, -0.25) is 9.59 Å². The van der Waals surface area contributed by atoms with Gasteiger partial charge in [-0.2, -0.15) is 0 Å². The molecule has 3 N–H and O–H groups in total. The summed E-state index contributed by atoms with van der Waals surface area (Å²) in [7, 11) is 1.67. The fourth-order valence-corrected chi connectivity index (χ4v) is 10.8. The van der Waals surface area contributed by atoms with Gasteiger partial charge in [-0.15, -0.1) is 11.3 Å². The Morgan fingerprint density at radius 1 is 1.04 bits per heavy atom. The Morgan fingerprint density at radius 2 is 1.81 bits per heavy atom. The first-order valence-electron chi connectivity index (χ1n) is 18.3. The van der Waals surface area contributed by atoms with Crippen molar-refractivity contribution in [3.05, 3.63) is 76.9 Å². The van der Waals surface area contributed by atoms with Crippen LogP contribution in [-0.2, 0) is 17.8 Å². The van der Waals surface area contributed by atoms with Crippen molar-refractivity contribution in [3.63, 3.8) is 0 Å². The number of likely N-dealkylation sites (tertiary alicyclic amines) is 1. The standard InChI is InChI=1S/C42H44N4O5S/c1-22-35-33(50-5)17-29(39(48)46-21-28-12-13-42(46,41(2,3)4)37(28)51-40(43)49)18-34(35)52-36(22)32-16-26-10-8-25(15-31(26)45(32)20-23-6-7-23)24-9-11-27-19-44-38(47)30(27)14-24/h8-11,14-18,23,28,37H,6-7,12-13,19-21H2,1-5H3,(H2,43,49)(H,44,47)/t28?,37-,42?/m1/s1. The molecular formula is C42H44N4O5S. The maximum absolute atomic E-state index is 14.6. The quantitative estimate of drug-likeness (QED) is 0.176. The van der Waals surface area contributed by atoms with Gasteiger partial charge in [-0.25, -0.2) is 4.79 Å². The Labute approximate surface area is 307 Å². The molecule has 0 radical (unpaired) electrons. The van der Waals surface area contributed by atoms with Gasteiger partial charge in [0.1, 0.15) is 11.9 Å². The lowest BCUT2D eigenvalue weighted by Crippen LogP contribution is -2.60. The molecule has 9 rings (SSSR count). The third-order valence-corrected chi connectivity index (χ3v) is 13.6. The van der Waals surface area contributed by atoms with Crippen LogP contribution < -0.4 is 15.8 Å². The molecule has 1 saturated heterocycles. The van der Waals surface area contributed by atoms with Crippen molar-refractivity contribution < 1.29 is 23.9 Å². The second kappa shape index (κ2) is 11.6. The largest absolute Gasteiger partial charge is 0.496 e. The molecule has 2 unspecified atom stereocenters. The number of ether oxygens (including phenoxy) is 2. The van der Waals surface area contributed by atoms with Crippen LogP contribution in [0.2, 0.25) is 0 Å². The summed E-state index contributed by atoms with van der Waals surface area (Å²) in [5, 5.41) is 5.11. The molecule has 3 aromatic carbocycles. The molecule has 2 aliphatic carbocycles. The number of nitrogens with zero attached hydrogens (tertiary/aromatic N) is 2. The average molecular weight is 717 g/mol. The Morgan fingerprint density at radius 3 is 2.54 bits per heavy atom. The Kier molecular flexibility index (Phi) is 7.36. The highest BCUT2D eigenvalue weighted by atomic mass is 32.1. The van der Waals surface area contributed by atoms with Crippen molar-refractivity contribution in [1.29, 1.82) is 0 Å². The molecular weight excluding hydrogens is 673 g/mol. The summed E-state index contributed by atoms with van der Waals surface area (Å²) in [5.41, 5.74) is 12.5. The van der Waals surface area contributed by atoms with Crippen molar-refractivity contribution in [2.75, 3.05) is 13.7 Å². The van der Waals surface area contributed by atoms with Gasteiger partial charge in [0, 0.05) is 57.7 Å². The molecule has 2 saturated carbocycles. The van der Waals surface area contributed by atoms with Crippen LogP contribution in [0.5, 0.6) is 5.75 Å². The van der Waals surface area contributed by atoms with E-state index in [-0.39, 0.29) is 23.1 Å².